The monoisotopic (exact) mass is 283 g/mol. The van der Waals surface area contributed by atoms with E-state index in [4.69, 9.17) is 0 Å². The van der Waals surface area contributed by atoms with Crippen LogP contribution in [0.4, 0.5) is 0 Å². The molecule has 1 amide bonds. The molecule has 21 heavy (non-hydrogen) atoms. The molecule has 0 aliphatic carbocycles. The van der Waals surface area contributed by atoms with Gasteiger partial charge < -0.3 is 9.88 Å². The summed E-state index contributed by atoms with van der Waals surface area (Å²) in [4.78, 5) is 22.2. The molecule has 0 saturated carbocycles. The van der Waals surface area contributed by atoms with Crippen LogP contribution >= 0.6 is 0 Å². The van der Waals surface area contributed by atoms with Gasteiger partial charge in [0, 0.05) is 18.9 Å². The third kappa shape index (κ3) is 2.99. The molecule has 2 heterocycles. The molecular formula is C17H21N3O. The third-order valence-electron chi connectivity index (χ3n) is 4.26. The maximum atomic E-state index is 12.7. The van der Waals surface area contributed by atoms with Gasteiger partial charge in [-0.25, -0.2) is 4.98 Å². The van der Waals surface area contributed by atoms with Gasteiger partial charge in [0.1, 0.15) is 5.82 Å². The second-order valence-electron chi connectivity index (χ2n) is 5.68. The standard InChI is InChI=1S/C17H21N3O/c1-13-6-2-3-7-14(13)12-16(21)20-11-5-4-8-15(20)17-18-9-10-19-17/h2-3,6-7,9-10,15H,4-5,8,11-12H2,1H3,(H,18,19). The number of aromatic nitrogens is 2. The first-order valence-electron chi connectivity index (χ1n) is 7.59. The molecule has 1 aromatic carbocycles. The van der Waals surface area contributed by atoms with Crippen molar-refractivity contribution in [2.24, 2.45) is 0 Å². The second kappa shape index (κ2) is 6.12. The molecule has 1 N–H and O–H groups in total. The summed E-state index contributed by atoms with van der Waals surface area (Å²) >= 11 is 0. The predicted molar refractivity (Wildman–Crippen MR) is 81.8 cm³/mol. The van der Waals surface area contributed by atoms with Crippen LogP contribution in [-0.2, 0) is 11.2 Å². The molecule has 1 fully saturated rings. The number of hydrogen-bond acceptors (Lipinski definition) is 2. The molecular weight excluding hydrogens is 262 g/mol. The normalized spacial score (nSPS) is 18.7. The molecule has 0 spiro atoms. The summed E-state index contributed by atoms with van der Waals surface area (Å²) < 4.78 is 0. The van der Waals surface area contributed by atoms with Crippen molar-refractivity contribution in [3.8, 4) is 0 Å². The zero-order chi connectivity index (χ0) is 14.7. The molecule has 1 unspecified atom stereocenters. The molecule has 4 heteroatoms. The lowest BCUT2D eigenvalue weighted by atomic mass is 9.99. The molecule has 3 rings (SSSR count). The minimum atomic E-state index is 0.102. The Balaban J connectivity index is 1.77. The van der Waals surface area contributed by atoms with Gasteiger partial charge in [-0.2, -0.15) is 0 Å². The van der Waals surface area contributed by atoms with Crippen LogP contribution in [0.3, 0.4) is 0 Å². The highest BCUT2D eigenvalue weighted by molar-refractivity contribution is 5.79. The van der Waals surface area contributed by atoms with Gasteiger partial charge in [0.25, 0.3) is 0 Å². The van der Waals surface area contributed by atoms with Crippen LogP contribution in [0.1, 0.15) is 42.3 Å². The molecule has 2 aromatic rings. The lowest BCUT2D eigenvalue weighted by Gasteiger charge is -2.34. The highest BCUT2D eigenvalue weighted by Gasteiger charge is 2.29. The number of rotatable bonds is 3. The van der Waals surface area contributed by atoms with E-state index in [0.717, 1.165) is 37.2 Å². The van der Waals surface area contributed by atoms with Crippen LogP contribution in [0.2, 0.25) is 0 Å². The summed E-state index contributed by atoms with van der Waals surface area (Å²) in [7, 11) is 0. The van der Waals surface area contributed by atoms with E-state index >= 15 is 0 Å². The van der Waals surface area contributed by atoms with Crippen molar-refractivity contribution in [3.63, 3.8) is 0 Å². The van der Waals surface area contributed by atoms with Gasteiger partial charge in [-0.3, -0.25) is 4.79 Å². The first-order chi connectivity index (χ1) is 10.3. The van der Waals surface area contributed by atoms with Crippen molar-refractivity contribution in [2.45, 2.75) is 38.6 Å². The van der Waals surface area contributed by atoms with E-state index in [1.165, 1.54) is 5.56 Å². The Morgan fingerprint density at radius 1 is 1.38 bits per heavy atom. The molecule has 1 aliphatic heterocycles. The first kappa shape index (κ1) is 13.9. The van der Waals surface area contributed by atoms with Crippen molar-refractivity contribution in [1.29, 1.82) is 0 Å². The van der Waals surface area contributed by atoms with E-state index < -0.39 is 0 Å². The molecule has 1 aliphatic rings. The Kier molecular flexibility index (Phi) is 4.04. The Morgan fingerprint density at radius 2 is 2.24 bits per heavy atom. The molecule has 0 radical (unpaired) electrons. The number of carbonyl (C=O) groups is 1. The number of H-pyrrole nitrogens is 1. The van der Waals surface area contributed by atoms with Gasteiger partial charge >= 0.3 is 0 Å². The number of piperidine rings is 1. The van der Waals surface area contributed by atoms with Crippen LogP contribution in [-0.4, -0.2) is 27.3 Å². The van der Waals surface area contributed by atoms with Gasteiger partial charge in [0.2, 0.25) is 5.91 Å². The Morgan fingerprint density at radius 3 is 3.00 bits per heavy atom. The molecule has 4 nitrogen and oxygen atoms in total. The van der Waals surface area contributed by atoms with Crippen molar-refractivity contribution in [3.05, 3.63) is 53.6 Å². The maximum Gasteiger partial charge on any atom is 0.227 e. The van der Waals surface area contributed by atoms with Crippen LogP contribution in [0.25, 0.3) is 0 Å². The van der Waals surface area contributed by atoms with Crippen LogP contribution < -0.4 is 0 Å². The fourth-order valence-electron chi connectivity index (χ4n) is 3.05. The van der Waals surface area contributed by atoms with E-state index in [0.29, 0.717) is 6.42 Å². The summed E-state index contributed by atoms with van der Waals surface area (Å²) in [5.74, 6) is 1.11. The van der Waals surface area contributed by atoms with E-state index in [2.05, 4.69) is 23.0 Å². The number of benzene rings is 1. The van der Waals surface area contributed by atoms with Crippen molar-refractivity contribution in [2.75, 3.05) is 6.54 Å². The SMILES string of the molecule is Cc1ccccc1CC(=O)N1CCCCC1c1ncc[nH]1. The highest BCUT2D eigenvalue weighted by Crippen LogP contribution is 2.29. The van der Waals surface area contributed by atoms with Crippen molar-refractivity contribution >= 4 is 5.91 Å². The predicted octanol–water partition coefficient (Wildman–Crippen LogP) is 3.01. The lowest BCUT2D eigenvalue weighted by molar-refractivity contribution is -0.134. The highest BCUT2D eigenvalue weighted by atomic mass is 16.2. The van der Waals surface area contributed by atoms with Gasteiger partial charge in [-0.15, -0.1) is 0 Å². The maximum absolute atomic E-state index is 12.7. The Bertz CT molecular complexity index is 606. The third-order valence-corrected chi connectivity index (χ3v) is 4.26. The number of likely N-dealkylation sites (tertiary alicyclic amines) is 1. The minimum absolute atomic E-state index is 0.102. The molecule has 1 atom stereocenters. The van der Waals surface area contributed by atoms with E-state index in [9.17, 15) is 4.79 Å². The lowest BCUT2D eigenvalue weighted by Crippen LogP contribution is -2.39. The van der Waals surface area contributed by atoms with Crippen LogP contribution in [0, 0.1) is 6.92 Å². The van der Waals surface area contributed by atoms with Crippen molar-refractivity contribution in [1.82, 2.24) is 14.9 Å². The first-order valence-corrected chi connectivity index (χ1v) is 7.59. The molecule has 1 aromatic heterocycles. The number of amides is 1. The fraction of sp³-hybridized carbons (Fsp3) is 0.412. The Hall–Kier alpha value is -2.10. The Labute approximate surface area is 125 Å². The number of aromatic amines is 1. The van der Waals surface area contributed by atoms with Crippen LogP contribution in [0.15, 0.2) is 36.7 Å². The smallest absolute Gasteiger partial charge is 0.227 e. The molecule has 1 saturated heterocycles. The number of aryl methyl sites for hydroxylation is 1. The summed E-state index contributed by atoms with van der Waals surface area (Å²) in [5, 5.41) is 0. The zero-order valence-corrected chi connectivity index (χ0v) is 12.4. The topological polar surface area (TPSA) is 49.0 Å². The van der Waals surface area contributed by atoms with Crippen LogP contribution in [0.5, 0.6) is 0 Å². The number of nitrogens with one attached hydrogen (secondary N) is 1. The summed E-state index contributed by atoms with van der Waals surface area (Å²) in [6.45, 7) is 2.89. The minimum Gasteiger partial charge on any atom is -0.347 e. The number of carbonyl (C=O) groups excluding carboxylic acids is 1. The number of hydrogen-bond donors (Lipinski definition) is 1. The summed E-state index contributed by atoms with van der Waals surface area (Å²) in [6.07, 6.45) is 7.29. The number of imidazole rings is 1. The van der Waals surface area contributed by atoms with Gasteiger partial charge in [-0.1, -0.05) is 24.3 Å². The average molecular weight is 283 g/mol. The van der Waals surface area contributed by atoms with E-state index in [-0.39, 0.29) is 11.9 Å². The zero-order valence-electron chi connectivity index (χ0n) is 12.4. The quantitative estimate of drug-likeness (QED) is 0.941. The van der Waals surface area contributed by atoms with Gasteiger partial charge in [0.05, 0.1) is 12.5 Å². The van der Waals surface area contributed by atoms with Crippen molar-refractivity contribution < 1.29 is 4.79 Å². The molecule has 110 valence electrons. The van der Waals surface area contributed by atoms with Gasteiger partial charge in [-0.05, 0) is 37.3 Å². The summed E-state index contributed by atoms with van der Waals surface area (Å²) in [6, 6.07) is 8.21. The largest absolute Gasteiger partial charge is 0.347 e. The molecule has 0 bridgehead atoms. The van der Waals surface area contributed by atoms with E-state index in [1.54, 1.807) is 6.20 Å². The second-order valence-corrected chi connectivity index (χ2v) is 5.68. The van der Waals surface area contributed by atoms with E-state index in [1.807, 2.05) is 29.3 Å². The average Bonchev–Trinajstić information content (AvgIpc) is 3.04. The fourth-order valence-corrected chi connectivity index (χ4v) is 3.05. The number of nitrogens with zero attached hydrogens (tertiary/aromatic N) is 2. The van der Waals surface area contributed by atoms with Gasteiger partial charge in [0.15, 0.2) is 0 Å². The summed E-state index contributed by atoms with van der Waals surface area (Å²) in [5.41, 5.74) is 2.30.